The Bertz CT molecular complexity index is 827. The Kier molecular flexibility index (Phi) is 5.40. The largest absolute Gasteiger partial charge is 0.326 e. The highest BCUT2D eigenvalue weighted by molar-refractivity contribution is 7.89. The summed E-state index contributed by atoms with van der Waals surface area (Å²) in [5, 5.41) is 7.06. The molecule has 0 aliphatic rings. The third-order valence-electron chi connectivity index (χ3n) is 3.66. The number of benzene rings is 1. The molecule has 8 heteroatoms. The maximum atomic E-state index is 12.4. The van der Waals surface area contributed by atoms with Crippen molar-refractivity contribution in [2.45, 2.75) is 31.7 Å². The minimum absolute atomic E-state index is 0.147. The van der Waals surface area contributed by atoms with Gasteiger partial charge < -0.3 is 5.32 Å². The van der Waals surface area contributed by atoms with Gasteiger partial charge in [-0.05, 0) is 26.0 Å². The average Bonchev–Trinajstić information content (AvgIpc) is 2.80. The second-order valence-electron chi connectivity index (χ2n) is 5.67. The molecule has 1 heterocycles. The molecule has 1 aromatic carbocycles. The van der Waals surface area contributed by atoms with Crippen LogP contribution >= 0.6 is 0 Å². The number of nitrogens with one attached hydrogen (secondary N) is 1. The Morgan fingerprint density at radius 1 is 1.21 bits per heavy atom. The number of anilines is 1. The number of hydrogen-bond acceptors (Lipinski definition) is 4. The number of para-hydroxylation sites is 1. The lowest BCUT2D eigenvalue weighted by Crippen LogP contribution is -2.23. The van der Waals surface area contributed by atoms with Crippen molar-refractivity contribution in [1.29, 1.82) is 0 Å². The van der Waals surface area contributed by atoms with Crippen molar-refractivity contribution < 1.29 is 13.2 Å². The molecule has 0 radical (unpaired) electrons. The van der Waals surface area contributed by atoms with Crippen LogP contribution in [0, 0.1) is 13.8 Å². The van der Waals surface area contributed by atoms with Crippen molar-refractivity contribution in [3.05, 3.63) is 41.7 Å². The van der Waals surface area contributed by atoms with Gasteiger partial charge in [-0.3, -0.25) is 9.48 Å². The Balaban J connectivity index is 2.10. The van der Waals surface area contributed by atoms with Gasteiger partial charge in [-0.2, -0.15) is 5.10 Å². The molecular formula is C16H22N4O3S. The molecule has 130 valence electrons. The molecule has 1 aromatic heterocycles. The van der Waals surface area contributed by atoms with Crippen LogP contribution in [0.2, 0.25) is 0 Å². The number of nitrogens with zero attached hydrogens (tertiary/aromatic N) is 3. The molecule has 0 aliphatic carbocycles. The van der Waals surface area contributed by atoms with E-state index >= 15 is 0 Å². The average molecular weight is 350 g/mol. The van der Waals surface area contributed by atoms with Gasteiger partial charge in [0.15, 0.2) is 0 Å². The fraction of sp³-hybridized carbons (Fsp3) is 0.375. The summed E-state index contributed by atoms with van der Waals surface area (Å²) in [5.74, 6) is -0.147. The predicted octanol–water partition coefficient (Wildman–Crippen LogP) is 1.78. The molecule has 0 atom stereocenters. The molecule has 1 amide bonds. The number of rotatable bonds is 6. The van der Waals surface area contributed by atoms with E-state index in [4.69, 9.17) is 0 Å². The Labute approximate surface area is 142 Å². The zero-order chi connectivity index (χ0) is 17.9. The van der Waals surface area contributed by atoms with Crippen molar-refractivity contribution in [2.24, 2.45) is 0 Å². The molecule has 0 saturated carbocycles. The minimum Gasteiger partial charge on any atom is -0.326 e. The predicted molar refractivity (Wildman–Crippen MR) is 92.3 cm³/mol. The molecule has 0 fully saturated rings. The normalized spacial score (nSPS) is 11.7. The first-order chi connectivity index (χ1) is 11.2. The van der Waals surface area contributed by atoms with Gasteiger partial charge in [0.05, 0.1) is 17.9 Å². The van der Waals surface area contributed by atoms with Gasteiger partial charge >= 0.3 is 0 Å². The van der Waals surface area contributed by atoms with E-state index in [0.29, 0.717) is 17.9 Å². The summed E-state index contributed by atoms with van der Waals surface area (Å²) in [7, 11) is -0.585. The lowest BCUT2D eigenvalue weighted by atomic mass is 10.3. The van der Waals surface area contributed by atoms with E-state index < -0.39 is 10.0 Å². The van der Waals surface area contributed by atoms with E-state index in [-0.39, 0.29) is 17.2 Å². The summed E-state index contributed by atoms with van der Waals surface area (Å²) in [5.41, 5.74) is 1.70. The highest BCUT2D eigenvalue weighted by atomic mass is 32.2. The first-order valence-electron chi connectivity index (χ1n) is 7.55. The SMILES string of the molecule is Cc1nn(CCC(=O)Nc2ccccc2)c(C)c1S(=O)(=O)N(C)C. The molecule has 2 aromatic rings. The first-order valence-corrected chi connectivity index (χ1v) is 8.99. The van der Waals surface area contributed by atoms with Gasteiger partial charge in [0.2, 0.25) is 15.9 Å². The topological polar surface area (TPSA) is 84.3 Å². The second-order valence-corrected chi connectivity index (χ2v) is 7.76. The highest BCUT2D eigenvalue weighted by Gasteiger charge is 2.26. The first kappa shape index (κ1) is 18.2. The summed E-state index contributed by atoms with van der Waals surface area (Å²) in [6.45, 7) is 3.67. The summed E-state index contributed by atoms with van der Waals surface area (Å²) in [6.07, 6.45) is 0.207. The fourth-order valence-electron chi connectivity index (χ4n) is 2.41. The summed E-state index contributed by atoms with van der Waals surface area (Å²) in [4.78, 5) is 12.2. The van der Waals surface area contributed by atoms with Crippen molar-refractivity contribution in [3.63, 3.8) is 0 Å². The van der Waals surface area contributed by atoms with Crippen LogP contribution in [0.25, 0.3) is 0 Å². The quantitative estimate of drug-likeness (QED) is 0.861. The maximum absolute atomic E-state index is 12.4. The number of hydrogen-bond donors (Lipinski definition) is 1. The van der Waals surface area contributed by atoms with E-state index in [9.17, 15) is 13.2 Å². The van der Waals surface area contributed by atoms with Crippen molar-refractivity contribution in [3.8, 4) is 0 Å². The monoisotopic (exact) mass is 350 g/mol. The van der Waals surface area contributed by atoms with E-state index in [1.54, 1.807) is 18.5 Å². The summed E-state index contributed by atoms with van der Waals surface area (Å²) in [6, 6.07) is 9.17. The number of sulfonamides is 1. The van der Waals surface area contributed by atoms with Crippen molar-refractivity contribution in [2.75, 3.05) is 19.4 Å². The van der Waals surface area contributed by atoms with Crippen LogP contribution in [-0.2, 0) is 21.4 Å². The molecule has 0 bridgehead atoms. The van der Waals surface area contributed by atoms with E-state index in [2.05, 4.69) is 10.4 Å². The van der Waals surface area contributed by atoms with E-state index in [1.165, 1.54) is 14.1 Å². The molecule has 1 N–H and O–H groups in total. The van der Waals surface area contributed by atoms with E-state index in [0.717, 1.165) is 9.99 Å². The molecule has 0 spiro atoms. The second kappa shape index (κ2) is 7.14. The van der Waals surface area contributed by atoms with Gasteiger partial charge in [0.25, 0.3) is 0 Å². The molecule has 7 nitrogen and oxygen atoms in total. The minimum atomic E-state index is -3.56. The molecule has 2 rings (SSSR count). The maximum Gasteiger partial charge on any atom is 0.246 e. The van der Waals surface area contributed by atoms with Gasteiger partial charge in [-0.25, -0.2) is 12.7 Å². The lowest BCUT2D eigenvalue weighted by molar-refractivity contribution is -0.116. The van der Waals surface area contributed by atoms with Crippen LogP contribution in [0.5, 0.6) is 0 Å². The highest BCUT2D eigenvalue weighted by Crippen LogP contribution is 2.22. The zero-order valence-corrected chi connectivity index (χ0v) is 15.1. The number of aryl methyl sites for hydroxylation is 2. The molecule has 24 heavy (non-hydrogen) atoms. The van der Waals surface area contributed by atoms with E-state index in [1.807, 2.05) is 30.3 Å². The Hall–Kier alpha value is -2.19. The molecular weight excluding hydrogens is 328 g/mol. The van der Waals surface area contributed by atoms with Gasteiger partial charge in [0.1, 0.15) is 4.90 Å². The molecule has 0 aliphatic heterocycles. The number of carbonyl (C=O) groups is 1. The Morgan fingerprint density at radius 3 is 2.42 bits per heavy atom. The van der Waals surface area contributed by atoms with Crippen molar-refractivity contribution in [1.82, 2.24) is 14.1 Å². The molecule has 0 unspecified atom stereocenters. The Morgan fingerprint density at radius 2 is 1.83 bits per heavy atom. The standard InChI is InChI=1S/C16H22N4O3S/c1-12-16(24(22,23)19(3)4)13(2)20(18-12)11-10-15(21)17-14-8-6-5-7-9-14/h5-9H,10-11H2,1-4H3,(H,17,21). The van der Waals surface area contributed by atoms with Crippen LogP contribution in [0.3, 0.4) is 0 Å². The van der Waals surface area contributed by atoms with Crippen LogP contribution in [0.4, 0.5) is 5.69 Å². The van der Waals surface area contributed by atoms with Crippen molar-refractivity contribution >= 4 is 21.6 Å². The number of carbonyl (C=O) groups excluding carboxylic acids is 1. The zero-order valence-electron chi connectivity index (χ0n) is 14.3. The van der Waals surface area contributed by atoms with Gasteiger partial charge in [0, 0.05) is 26.2 Å². The third-order valence-corrected chi connectivity index (χ3v) is 5.73. The van der Waals surface area contributed by atoms with Crippen LogP contribution in [0.1, 0.15) is 17.8 Å². The van der Waals surface area contributed by atoms with Gasteiger partial charge in [-0.1, -0.05) is 18.2 Å². The lowest BCUT2D eigenvalue weighted by Gasteiger charge is -2.11. The van der Waals surface area contributed by atoms with Crippen LogP contribution < -0.4 is 5.32 Å². The summed E-state index contributed by atoms with van der Waals surface area (Å²) >= 11 is 0. The number of aromatic nitrogens is 2. The third kappa shape index (κ3) is 3.82. The summed E-state index contributed by atoms with van der Waals surface area (Å²) < 4.78 is 27.4. The smallest absolute Gasteiger partial charge is 0.246 e. The molecule has 0 saturated heterocycles. The fourth-order valence-corrected chi connectivity index (χ4v) is 3.66. The van der Waals surface area contributed by atoms with Crippen LogP contribution in [0.15, 0.2) is 35.2 Å². The number of amides is 1. The van der Waals surface area contributed by atoms with Gasteiger partial charge in [-0.15, -0.1) is 0 Å². The van der Waals surface area contributed by atoms with Crippen LogP contribution in [-0.4, -0.2) is 42.5 Å².